The van der Waals surface area contributed by atoms with Crippen molar-refractivity contribution in [3.05, 3.63) is 53.6 Å². The Bertz CT molecular complexity index is 849. The zero-order valence-corrected chi connectivity index (χ0v) is 17.1. The van der Waals surface area contributed by atoms with Crippen LogP contribution in [0.15, 0.2) is 42.5 Å². The second-order valence-electron chi connectivity index (χ2n) is 6.81. The van der Waals surface area contributed by atoms with Gasteiger partial charge in [0.15, 0.2) is 18.1 Å². The van der Waals surface area contributed by atoms with Gasteiger partial charge in [0.2, 0.25) is 0 Å². The number of aliphatic carboxylic acids is 1. The average Bonchev–Trinajstić information content (AvgIpc) is 2.71. The number of hydrogen-bond donors (Lipinski definition) is 2. The number of hydrogen-bond acceptors (Lipinski definition) is 5. The number of amides is 1. The molecule has 2 rings (SSSR count). The smallest absolute Gasteiger partial charge is 0.305 e. The molecule has 7 heteroatoms. The quantitative estimate of drug-likeness (QED) is 0.632. The van der Waals surface area contributed by atoms with Gasteiger partial charge in [0.05, 0.1) is 26.7 Å². The third-order valence-corrected chi connectivity index (χ3v) is 4.42. The first-order valence-electron chi connectivity index (χ1n) is 9.30. The molecule has 156 valence electrons. The molecule has 0 aliphatic carbocycles. The fourth-order valence-corrected chi connectivity index (χ4v) is 2.96. The summed E-state index contributed by atoms with van der Waals surface area (Å²) in [6.45, 7) is 3.87. The predicted octanol–water partition coefficient (Wildman–Crippen LogP) is 3.54. The summed E-state index contributed by atoms with van der Waals surface area (Å²) in [4.78, 5) is 23.8. The first-order chi connectivity index (χ1) is 13.8. The Morgan fingerprint density at radius 3 is 2.31 bits per heavy atom. The van der Waals surface area contributed by atoms with Gasteiger partial charge in [-0.25, -0.2) is 0 Å². The van der Waals surface area contributed by atoms with Crippen molar-refractivity contribution in [3.8, 4) is 17.2 Å². The maximum Gasteiger partial charge on any atom is 0.305 e. The summed E-state index contributed by atoms with van der Waals surface area (Å²) in [6, 6.07) is 11.8. The number of nitrogens with one attached hydrogen (secondary N) is 1. The molecule has 0 heterocycles. The second kappa shape index (κ2) is 10.4. The van der Waals surface area contributed by atoms with Crippen LogP contribution in [-0.2, 0) is 9.59 Å². The SMILES string of the molecule is COc1ccc([C@H](CC(=O)O)NC(=O)COc2ccccc2C(C)C)cc1OC. The van der Waals surface area contributed by atoms with Crippen LogP contribution in [0, 0.1) is 0 Å². The maximum absolute atomic E-state index is 12.5. The molecule has 0 radical (unpaired) electrons. The molecule has 0 unspecified atom stereocenters. The van der Waals surface area contributed by atoms with E-state index >= 15 is 0 Å². The fraction of sp³-hybridized carbons (Fsp3) is 0.364. The van der Waals surface area contributed by atoms with Crippen molar-refractivity contribution in [2.45, 2.75) is 32.2 Å². The molecule has 0 saturated heterocycles. The number of ether oxygens (including phenoxy) is 3. The highest BCUT2D eigenvalue weighted by molar-refractivity contribution is 5.79. The number of benzene rings is 2. The first kappa shape index (κ1) is 22.1. The Balaban J connectivity index is 2.12. The van der Waals surface area contributed by atoms with Crippen LogP contribution < -0.4 is 19.5 Å². The lowest BCUT2D eigenvalue weighted by Gasteiger charge is -2.20. The van der Waals surface area contributed by atoms with E-state index in [1.807, 2.05) is 38.1 Å². The summed E-state index contributed by atoms with van der Waals surface area (Å²) in [5.41, 5.74) is 1.60. The lowest BCUT2D eigenvalue weighted by atomic mass is 10.0. The molecule has 0 spiro atoms. The highest BCUT2D eigenvalue weighted by Gasteiger charge is 2.20. The van der Waals surface area contributed by atoms with Crippen molar-refractivity contribution >= 4 is 11.9 Å². The van der Waals surface area contributed by atoms with Crippen molar-refractivity contribution in [1.82, 2.24) is 5.32 Å². The van der Waals surface area contributed by atoms with E-state index in [1.54, 1.807) is 18.2 Å². The van der Waals surface area contributed by atoms with Gasteiger partial charge in [-0.15, -0.1) is 0 Å². The van der Waals surface area contributed by atoms with E-state index in [2.05, 4.69) is 5.32 Å². The number of carboxylic acids is 1. The van der Waals surface area contributed by atoms with Crippen molar-refractivity contribution in [2.24, 2.45) is 0 Å². The molecule has 0 aliphatic heterocycles. The van der Waals surface area contributed by atoms with E-state index in [0.717, 1.165) is 5.56 Å². The van der Waals surface area contributed by atoms with Gasteiger partial charge in [-0.3, -0.25) is 9.59 Å². The third kappa shape index (κ3) is 6.14. The van der Waals surface area contributed by atoms with Crippen LogP contribution in [0.4, 0.5) is 0 Å². The zero-order chi connectivity index (χ0) is 21.4. The fourth-order valence-electron chi connectivity index (χ4n) is 2.96. The molecule has 0 fully saturated rings. The largest absolute Gasteiger partial charge is 0.493 e. The molecule has 0 saturated carbocycles. The number of carbonyl (C=O) groups excluding carboxylic acids is 1. The summed E-state index contributed by atoms with van der Waals surface area (Å²) in [6.07, 6.45) is -0.274. The Morgan fingerprint density at radius 2 is 1.69 bits per heavy atom. The van der Waals surface area contributed by atoms with Crippen LogP contribution in [0.25, 0.3) is 0 Å². The lowest BCUT2D eigenvalue weighted by molar-refractivity contribution is -0.137. The highest BCUT2D eigenvalue weighted by atomic mass is 16.5. The Morgan fingerprint density at radius 1 is 1.00 bits per heavy atom. The van der Waals surface area contributed by atoms with Crippen molar-refractivity contribution in [1.29, 1.82) is 0 Å². The van der Waals surface area contributed by atoms with E-state index in [9.17, 15) is 14.7 Å². The van der Waals surface area contributed by atoms with Gasteiger partial charge >= 0.3 is 5.97 Å². The predicted molar refractivity (Wildman–Crippen MR) is 109 cm³/mol. The van der Waals surface area contributed by atoms with Crippen LogP contribution in [0.5, 0.6) is 17.2 Å². The van der Waals surface area contributed by atoms with Crippen molar-refractivity contribution in [3.63, 3.8) is 0 Å². The van der Waals surface area contributed by atoms with Gasteiger partial charge in [0.1, 0.15) is 5.75 Å². The van der Waals surface area contributed by atoms with E-state index < -0.39 is 17.9 Å². The standard InChI is InChI=1S/C22H27NO6/c1-14(2)16-7-5-6-8-18(16)29-13-21(24)23-17(12-22(25)26)15-9-10-19(27-3)20(11-15)28-4/h5-11,14,17H,12-13H2,1-4H3,(H,23,24)(H,25,26)/t17-/m0/s1. The number of methoxy groups -OCH3 is 2. The molecular formula is C22H27NO6. The van der Waals surface area contributed by atoms with E-state index in [0.29, 0.717) is 22.8 Å². The van der Waals surface area contributed by atoms with E-state index in [1.165, 1.54) is 14.2 Å². The number of carboxylic acid groups (broad SMARTS) is 1. The molecule has 0 bridgehead atoms. The maximum atomic E-state index is 12.5. The monoisotopic (exact) mass is 401 g/mol. The molecule has 29 heavy (non-hydrogen) atoms. The number of rotatable bonds is 10. The van der Waals surface area contributed by atoms with Crippen molar-refractivity contribution < 1.29 is 28.9 Å². The van der Waals surface area contributed by atoms with Gasteiger partial charge in [0, 0.05) is 0 Å². The summed E-state index contributed by atoms with van der Waals surface area (Å²) in [5.74, 6) is 0.419. The number of para-hydroxylation sites is 1. The van der Waals surface area contributed by atoms with Gasteiger partial charge in [0.25, 0.3) is 5.91 Å². The van der Waals surface area contributed by atoms with Crippen LogP contribution in [0.2, 0.25) is 0 Å². The molecule has 1 amide bonds. The molecule has 1 atom stereocenters. The van der Waals surface area contributed by atoms with Crippen LogP contribution in [-0.4, -0.2) is 37.8 Å². The normalized spacial score (nSPS) is 11.6. The minimum absolute atomic E-state index is 0.215. The Labute approximate surface area is 170 Å². The minimum Gasteiger partial charge on any atom is -0.493 e. The van der Waals surface area contributed by atoms with E-state index in [-0.39, 0.29) is 18.9 Å². The summed E-state index contributed by atoms with van der Waals surface area (Å²) >= 11 is 0. The molecule has 0 aromatic heterocycles. The van der Waals surface area contributed by atoms with Gasteiger partial charge in [-0.2, -0.15) is 0 Å². The van der Waals surface area contributed by atoms with Crippen LogP contribution in [0.1, 0.15) is 43.4 Å². The summed E-state index contributed by atoms with van der Waals surface area (Å²) in [5, 5.41) is 12.0. The average molecular weight is 401 g/mol. The third-order valence-electron chi connectivity index (χ3n) is 4.42. The molecule has 2 aromatic carbocycles. The molecular weight excluding hydrogens is 374 g/mol. The second-order valence-corrected chi connectivity index (χ2v) is 6.81. The Kier molecular flexibility index (Phi) is 7.88. The lowest BCUT2D eigenvalue weighted by Crippen LogP contribution is -2.34. The number of carbonyl (C=O) groups is 2. The first-order valence-corrected chi connectivity index (χ1v) is 9.30. The Hall–Kier alpha value is -3.22. The molecule has 0 aliphatic rings. The van der Waals surface area contributed by atoms with Crippen molar-refractivity contribution in [2.75, 3.05) is 20.8 Å². The van der Waals surface area contributed by atoms with Gasteiger partial charge < -0.3 is 24.6 Å². The summed E-state index contributed by atoms with van der Waals surface area (Å²) < 4.78 is 16.1. The zero-order valence-electron chi connectivity index (χ0n) is 17.1. The molecule has 2 aromatic rings. The van der Waals surface area contributed by atoms with Gasteiger partial charge in [-0.05, 0) is 35.2 Å². The van der Waals surface area contributed by atoms with Crippen LogP contribution >= 0.6 is 0 Å². The van der Waals surface area contributed by atoms with Crippen LogP contribution in [0.3, 0.4) is 0 Å². The summed E-state index contributed by atoms with van der Waals surface area (Å²) in [7, 11) is 3.01. The molecule has 7 nitrogen and oxygen atoms in total. The topological polar surface area (TPSA) is 94.1 Å². The molecule has 2 N–H and O–H groups in total. The van der Waals surface area contributed by atoms with Gasteiger partial charge in [-0.1, -0.05) is 38.1 Å². The minimum atomic E-state index is -1.03. The highest BCUT2D eigenvalue weighted by Crippen LogP contribution is 2.31. The van der Waals surface area contributed by atoms with E-state index in [4.69, 9.17) is 14.2 Å².